The molecule has 0 aliphatic rings. The summed E-state index contributed by atoms with van der Waals surface area (Å²) in [6.45, 7) is 14.1. The molecule has 1 aromatic rings. The highest BCUT2D eigenvalue weighted by atomic mass is 16.6. The van der Waals surface area contributed by atoms with Crippen molar-refractivity contribution in [1.82, 2.24) is 4.90 Å². The van der Waals surface area contributed by atoms with Gasteiger partial charge in [-0.05, 0) is 62.8 Å². The van der Waals surface area contributed by atoms with E-state index in [2.05, 4.69) is 17.9 Å². The molecule has 0 aliphatic carbocycles. The van der Waals surface area contributed by atoms with Crippen LogP contribution in [0.3, 0.4) is 0 Å². The summed E-state index contributed by atoms with van der Waals surface area (Å²) in [5, 5.41) is 0. The van der Waals surface area contributed by atoms with Crippen molar-refractivity contribution in [3.63, 3.8) is 0 Å². The van der Waals surface area contributed by atoms with Crippen LogP contribution in [0.25, 0.3) is 12.2 Å². The predicted octanol–water partition coefficient (Wildman–Crippen LogP) is 4.38. The van der Waals surface area contributed by atoms with Gasteiger partial charge >= 0.3 is 12.1 Å². The first-order valence-electron chi connectivity index (χ1n) is 9.80. The number of esters is 1. The van der Waals surface area contributed by atoms with Crippen molar-refractivity contribution in [2.24, 2.45) is 5.73 Å². The summed E-state index contributed by atoms with van der Waals surface area (Å²) in [4.78, 5) is 25.8. The Labute approximate surface area is 174 Å². The summed E-state index contributed by atoms with van der Waals surface area (Å²) in [5.41, 5.74) is 8.12. The van der Waals surface area contributed by atoms with E-state index >= 15 is 0 Å². The topological polar surface area (TPSA) is 81.9 Å². The second-order valence-corrected chi connectivity index (χ2v) is 7.90. The number of nitrogens with two attached hydrogens (primary N) is 1. The van der Waals surface area contributed by atoms with Crippen LogP contribution in [-0.2, 0) is 20.8 Å². The number of nitrogens with zero attached hydrogens (tertiary/aromatic N) is 1. The minimum Gasteiger partial charge on any atom is -0.468 e. The Hall–Kier alpha value is -2.60. The molecule has 1 amide bonds. The van der Waals surface area contributed by atoms with Crippen molar-refractivity contribution in [1.29, 1.82) is 0 Å². The van der Waals surface area contributed by atoms with E-state index in [1.54, 1.807) is 17.1 Å². The Morgan fingerprint density at radius 2 is 1.83 bits per heavy atom. The molecule has 0 radical (unpaired) electrons. The molecule has 0 bridgehead atoms. The Kier molecular flexibility index (Phi) is 9.62. The lowest BCUT2D eigenvalue weighted by Gasteiger charge is -2.28. The number of unbranched alkanes of at least 4 members (excludes halogenated alkanes) is 1. The first kappa shape index (κ1) is 24.4. The number of amides is 1. The third-order valence-corrected chi connectivity index (χ3v) is 4.31. The average Bonchev–Trinajstić information content (AvgIpc) is 2.67. The highest BCUT2D eigenvalue weighted by molar-refractivity contribution is 5.75. The molecule has 0 aromatic heterocycles. The first-order chi connectivity index (χ1) is 13.6. The molecule has 0 saturated carbocycles. The van der Waals surface area contributed by atoms with E-state index in [0.29, 0.717) is 32.4 Å². The zero-order valence-corrected chi connectivity index (χ0v) is 18.1. The summed E-state index contributed by atoms with van der Waals surface area (Å²) in [7, 11) is 1.32. The quantitative estimate of drug-likeness (QED) is 0.464. The van der Waals surface area contributed by atoms with Gasteiger partial charge in [-0.2, -0.15) is 0 Å². The Morgan fingerprint density at radius 3 is 2.38 bits per heavy atom. The Morgan fingerprint density at radius 1 is 1.17 bits per heavy atom. The molecule has 29 heavy (non-hydrogen) atoms. The van der Waals surface area contributed by atoms with Crippen LogP contribution in [0.15, 0.2) is 31.4 Å². The van der Waals surface area contributed by atoms with Crippen LogP contribution in [-0.4, -0.2) is 42.3 Å². The normalized spacial score (nSPS) is 12.0. The van der Waals surface area contributed by atoms with Crippen molar-refractivity contribution in [2.75, 3.05) is 13.7 Å². The second-order valence-electron chi connectivity index (χ2n) is 7.90. The van der Waals surface area contributed by atoms with Crippen LogP contribution < -0.4 is 5.73 Å². The lowest BCUT2D eigenvalue weighted by molar-refractivity contribution is -0.142. The van der Waals surface area contributed by atoms with E-state index in [0.717, 1.165) is 16.7 Å². The molecule has 6 heteroatoms. The van der Waals surface area contributed by atoms with Gasteiger partial charge in [0.2, 0.25) is 0 Å². The van der Waals surface area contributed by atoms with Gasteiger partial charge in [-0.15, -0.1) is 0 Å². The largest absolute Gasteiger partial charge is 0.468 e. The fraction of sp³-hybridized carbons (Fsp3) is 0.478. The Balaban J connectivity index is 2.83. The fourth-order valence-corrected chi connectivity index (χ4v) is 2.80. The molecule has 0 heterocycles. The SMILES string of the molecule is C=Cc1ccc(CN(CCCCC(N)C(=O)OC)C(=O)OC(C)(C)C)cc1C=C. The van der Waals surface area contributed by atoms with Gasteiger partial charge in [-0.3, -0.25) is 4.79 Å². The molecule has 160 valence electrons. The van der Waals surface area contributed by atoms with Crippen LogP contribution in [0.2, 0.25) is 0 Å². The summed E-state index contributed by atoms with van der Waals surface area (Å²) in [6, 6.07) is 5.28. The van der Waals surface area contributed by atoms with E-state index in [1.165, 1.54) is 7.11 Å². The number of carbonyl (C=O) groups excluding carboxylic acids is 2. The zero-order valence-electron chi connectivity index (χ0n) is 18.1. The maximum Gasteiger partial charge on any atom is 0.410 e. The van der Waals surface area contributed by atoms with Gasteiger partial charge in [0.15, 0.2) is 0 Å². The van der Waals surface area contributed by atoms with E-state index < -0.39 is 17.6 Å². The summed E-state index contributed by atoms with van der Waals surface area (Å²) < 4.78 is 10.2. The lowest BCUT2D eigenvalue weighted by atomic mass is 10.0. The van der Waals surface area contributed by atoms with Gasteiger partial charge in [0.05, 0.1) is 7.11 Å². The molecule has 0 spiro atoms. The number of ether oxygens (including phenoxy) is 2. The van der Waals surface area contributed by atoms with Gasteiger partial charge in [-0.1, -0.05) is 37.4 Å². The fourth-order valence-electron chi connectivity index (χ4n) is 2.80. The van der Waals surface area contributed by atoms with Gasteiger partial charge in [0.1, 0.15) is 11.6 Å². The number of rotatable bonds is 10. The van der Waals surface area contributed by atoms with Crippen LogP contribution in [0.5, 0.6) is 0 Å². The lowest BCUT2D eigenvalue weighted by Crippen LogP contribution is -2.37. The van der Waals surface area contributed by atoms with E-state index in [1.807, 2.05) is 39.0 Å². The smallest absolute Gasteiger partial charge is 0.410 e. The van der Waals surface area contributed by atoms with E-state index in [-0.39, 0.29) is 6.09 Å². The molecular weight excluding hydrogens is 368 g/mol. The van der Waals surface area contributed by atoms with Crippen LogP contribution in [0.4, 0.5) is 4.79 Å². The van der Waals surface area contributed by atoms with Crippen molar-refractivity contribution in [2.45, 2.75) is 58.2 Å². The monoisotopic (exact) mass is 402 g/mol. The van der Waals surface area contributed by atoms with Gasteiger partial charge in [-0.25, -0.2) is 4.79 Å². The van der Waals surface area contributed by atoms with Crippen molar-refractivity contribution in [3.8, 4) is 0 Å². The molecule has 0 aliphatic heterocycles. The van der Waals surface area contributed by atoms with Gasteiger partial charge in [0.25, 0.3) is 0 Å². The Bertz CT molecular complexity index is 722. The number of methoxy groups -OCH3 is 1. The second kappa shape index (κ2) is 11.4. The van der Waals surface area contributed by atoms with E-state index in [4.69, 9.17) is 10.5 Å². The van der Waals surface area contributed by atoms with Crippen molar-refractivity contribution >= 4 is 24.2 Å². The highest BCUT2D eigenvalue weighted by Crippen LogP contribution is 2.18. The highest BCUT2D eigenvalue weighted by Gasteiger charge is 2.22. The van der Waals surface area contributed by atoms with Crippen LogP contribution >= 0.6 is 0 Å². The maximum atomic E-state index is 12.7. The van der Waals surface area contributed by atoms with Crippen molar-refractivity contribution in [3.05, 3.63) is 48.0 Å². The maximum absolute atomic E-state index is 12.7. The summed E-state index contributed by atoms with van der Waals surface area (Å²) >= 11 is 0. The summed E-state index contributed by atoms with van der Waals surface area (Å²) in [5.74, 6) is -0.423. The number of carbonyl (C=O) groups is 2. The predicted molar refractivity (Wildman–Crippen MR) is 117 cm³/mol. The summed E-state index contributed by atoms with van der Waals surface area (Å²) in [6.07, 6.45) is 5.07. The zero-order chi connectivity index (χ0) is 22.0. The van der Waals surface area contributed by atoms with E-state index in [9.17, 15) is 9.59 Å². The molecule has 2 N–H and O–H groups in total. The molecule has 1 rings (SSSR count). The minimum atomic E-state index is -0.642. The van der Waals surface area contributed by atoms with Gasteiger partial charge in [0, 0.05) is 13.1 Å². The van der Waals surface area contributed by atoms with Crippen LogP contribution in [0, 0.1) is 0 Å². The van der Waals surface area contributed by atoms with Crippen LogP contribution in [0.1, 0.15) is 56.7 Å². The van der Waals surface area contributed by atoms with Gasteiger partial charge < -0.3 is 20.1 Å². The third-order valence-electron chi connectivity index (χ3n) is 4.31. The number of benzene rings is 1. The average molecular weight is 403 g/mol. The molecule has 0 fully saturated rings. The third kappa shape index (κ3) is 8.52. The number of hydrogen-bond donors (Lipinski definition) is 1. The molecule has 0 saturated heterocycles. The van der Waals surface area contributed by atoms with Crippen molar-refractivity contribution < 1.29 is 19.1 Å². The minimum absolute atomic E-state index is 0.372. The standard InChI is InChI=1S/C23H34N2O4/c1-7-18-13-12-17(15-19(18)8-2)16-25(22(27)29-23(3,4)5)14-10-9-11-20(24)21(26)28-6/h7-8,12-13,15,20H,1-2,9-11,14,16,24H2,3-6H3. The number of hydrogen-bond acceptors (Lipinski definition) is 5. The molecular formula is C23H34N2O4. The molecule has 1 unspecified atom stereocenters. The molecule has 1 aromatic carbocycles. The molecule has 1 atom stereocenters. The molecule has 6 nitrogen and oxygen atoms in total. The first-order valence-corrected chi connectivity index (χ1v) is 9.80.